The Morgan fingerprint density at radius 2 is 1.72 bits per heavy atom. The Hall–Kier alpha value is -2.08. The van der Waals surface area contributed by atoms with Crippen LogP contribution in [-0.2, 0) is 13.0 Å². The summed E-state index contributed by atoms with van der Waals surface area (Å²) in [5, 5.41) is 0. The second-order valence-electron chi connectivity index (χ2n) is 6.93. The third-order valence-corrected chi connectivity index (χ3v) is 5.02. The van der Waals surface area contributed by atoms with Crippen molar-refractivity contribution in [2.75, 3.05) is 19.6 Å². The summed E-state index contributed by atoms with van der Waals surface area (Å²) in [6.45, 7) is 4.08. The lowest BCUT2D eigenvalue weighted by Gasteiger charge is -2.31. The molecule has 2 aromatic carbocycles. The fourth-order valence-corrected chi connectivity index (χ4v) is 3.52. The number of hydrogen-bond donors (Lipinski definition) is 1. The topological polar surface area (TPSA) is 29.3 Å². The molecule has 1 heterocycles. The number of nitrogens with zero attached hydrogens (tertiary/aromatic N) is 1. The normalized spacial score (nSPS) is 15.6. The SMILES string of the molecule is NCc1cccc(C#CCCN2CCC(Cc3ccccc3)CC2)c1. The van der Waals surface area contributed by atoms with Crippen molar-refractivity contribution in [2.24, 2.45) is 11.7 Å². The lowest BCUT2D eigenvalue weighted by molar-refractivity contribution is 0.187. The lowest BCUT2D eigenvalue weighted by atomic mass is 9.90. The van der Waals surface area contributed by atoms with Crippen molar-refractivity contribution in [3.05, 3.63) is 71.3 Å². The Kier molecular flexibility index (Phi) is 6.68. The van der Waals surface area contributed by atoms with Gasteiger partial charge in [0.1, 0.15) is 0 Å². The van der Waals surface area contributed by atoms with Gasteiger partial charge in [-0.2, -0.15) is 0 Å². The van der Waals surface area contributed by atoms with Crippen LogP contribution in [0, 0.1) is 17.8 Å². The monoisotopic (exact) mass is 332 g/mol. The van der Waals surface area contributed by atoms with E-state index in [2.05, 4.69) is 59.2 Å². The summed E-state index contributed by atoms with van der Waals surface area (Å²) in [7, 11) is 0. The summed E-state index contributed by atoms with van der Waals surface area (Å²) < 4.78 is 0. The molecule has 1 fully saturated rings. The molecule has 1 saturated heterocycles. The molecule has 25 heavy (non-hydrogen) atoms. The minimum absolute atomic E-state index is 0.577. The highest BCUT2D eigenvalue weighted by Crippen LogP contribution is 2.21. The van der Waals surface area contributed by atoms with Gasteiger partial charge in [-0.3, -0.25) is 0 Å². The van der Waals surface area contributed by atoms with Gasteiger partial charge in [-0.25, -0.2) is 0 Å². The summed E-state index contributed by atoms with van der Waals surface area (Å²) in [5.74, 6) is 7.42. The molecule has 1 aliphatic heterocycles. The summed E-state index contributed by atoms with van der Waals surface area (Å²) in [4.78, 5) is 2.56. The number of hydrogen-bond acceptors (Lipinski definition) is 2. The van der Waals surface area contributed by atoms with Crippen molar-refractivity contribution >= 4 is 0 Å². The van der Waals surface area contributed by atoms with Gasteiger partial charge in [0.15, 0.2) is 0 Å². The quantitative estimate of drug-likeness (QED) is 0.843. The maximum Gasteiger partial charge on any atom is 0.0248 e. The van der Waals surface area contributed by atoms with Crippen LogP contribution in [0.1, 0.15) is 36.0 Å². The Labute approximate surface area is 152 Å². The molecular weight excluding hydrogens is 304 g/mol. The van der Waals surface area contributed by atoms with Crippen LogP contribution in [-0.4, -0.2) is 24.5 Å². The number of likely N-dealkylation sites (tertiary alicyclic amines) is 1. The average molecular weight is 332 g/mol. The maximum atomic E-state index is 5.68. The van der Waals surface area contributed by atoms with Gasteiger partial charge in [0.2, 0.25) is 0 Å². The zero-order valence-corrected chi connectivity index (χ0v) is 15.0. The molecule has 0 aliphatic carbocycles. The first-order valence-corrected chi connectivity index (χ1v) is 9.37. The minimum atomic E-state index is 0.577. The molecule has 0 spiro atoms. The van der Waals surface area contributed by atoms with E-state index in [4.69, 9.17) is 5.73 Å². The number of benzene rings is 2. The molecule has 130 valence electrons. The van der Waals surface area contributed by atoms with E-state index >= 15 is 0 Å². The fourth-order valence-electron chi connectivity index (χ4n) is 3.52. The van der Waals surface area contributed by atoms with Crippen molar-refractivity contribution in [1.82, 2.24) is 4.90 Å². The highest BCUT2D eigenvalue weighted by atomic mass is 15.1. The van der Waals surface area contributed by atoms with E-state index in [0.717, 1.165) is 30.0 Å². The molecule has 2 nitrogen and oxygen atoms in total. The van der Waals surface area contributed by atoms with Gasteiger partial charge >= 0.3 is 0 Å². The molecule has 2 N–H and O–H groups in total. The molecule has 0 amide bonds. The Morgan fingerprint density at radius 3 is 2.48 bits per heavy atom. The van der Waals surface area contributed by atoms with Crippen LogP contribution < -0.4 is 5.73 Å². The molecule has 0 atom stereocenters. The zero-order chi connectivity index (χ0) is 17.3. The van der Waals surface area contributed by atoms with Crippen molar-refractivity contribution in [3.8, 4) is 11.8 Å². The van der Waals surface area contributed by atoms with E-state index in [1.54, 1.807) is 0 Å². The summed E-state index contributed by atoms with van der Waals surface area (Å²) >= 11 is 0. The van der Waals surface area contributed by atoms with E-state index in [0.29, 0.717) is 6.54 Å². The van der Waals surface area contributed by atoms with Crippen molar-refractivity contribution in [2.45, 2.75) is 32.2 Å². The van der Waals surface area contributed by atoms with Crippen LogP contribution in [0.3, 0.4) is 0 Å². The fraction of sp³-hybridized carbons (Fsp3) is 0.391. The molecular formula is C23H28N2. The highest BCUT2D eigenvalue weighted by Gasteiger charge is 2.18. The van der Waals surface area contributed by atoms with E-state index in [1.165, 1.54) is 37.9 Å². The van der Waals surface area contributed by atoms with Crippen LogP contribution in [0.4, 0.5) is 0 Å². The van der Waals surface area contributed by atoms with Gasteiger partial charge in [0.05, 0.1) is 0 Å². The first-order chi connectivity index (χ1) is 12.3. The molecule has 1 aliphatic rings. The molecule has 0 saturated carbocycles. The first-order valence-electron chi connectivity index (χ1n) is 9.37. The van der Waals surface area contributed by atoms with Crippen molar-refractivity contribution < 1.29 is 0 Å². The largest absolute Gasteiger partial charge is 0.326 e. The van der Waals surface area contributed by atoms with Gasteiger partial charge in [0, 0.05) is 25.1 Å². The Balaban J connectivity index is 1.39. The molecule has 0 unspecified atom stereocenters. The van der Waals surface area contributed by atoms with Gasteiger partial charge in [-0.15, -0.1) is 0 Å². The second kappa shape index (κ2) is 9.42. The molecule has 3 rings (SSSR count). The van der Waals surface area contributed by atoms with Crippen LogP contribution in [0.2, 0.25) is 0 Å². The van der Waals surface area contributed by atoms with Crippen molar-refractivity contribution in [3.63, 3.8) is 0 Å². The van der Waals surface area contributed by atoms with Crippen molar-refractivity contribution in [1.29, 1.82) is 0 Å². The third-order valence-electron chi connectivity index (χ3n) is 5.02. The van der Waals surface area contributed by atoms with Gasteiger partial charge < -0.3 is 10.6 Å². The highest BCUT2D eigenvalue weighted by molar-refractivity contribution is 5.37. The summed E-state index contributed by atoms with van der Waals surface area (Å²) in [6.07, 6.45) is 4.78. The predicted molar refractivity (Wildman–Crippen MR) is 105 cm³/mol. The molecule has 0 bridgehead atoms. The molecule has 2 aromatic rings. The zero-order valence-electron chi connectivity index (χ0n) is 15.0. The van der Waals surface area contributed by atoms with Gasteiger partial charge in [-0.05, 0) is 61.5 Å². The number of rotatable bonds is 5. The number of piperidine rings is 1. The lowest BCUT2D eigenvalue weighted by Crippen LogP contribution is -2.34. The Bertz CT molecular complexity index is 704. The standard InChI is InChI=1S/C23H28N2/c24-19-23-11-6-10-21(18-23)9-4-5-14-25-15-12-22(13-16-25)17-20-7-2-1-3-8-20/h1-3,6-8,10-11,18,22H,5,12-17,19,24H2. The van der Waals surface area contributed by atoms with Crippen LogP contribution in [0.15, 0.2) is 54.6 Å². The van der Waals surface area contributed by atoms with E-state index in [9.17, 15) is 0 Å². The van der Waals surface area contributed by atoms with Gasteiger partial charge in [-0.1, -0.05) is 54.3 Å². The molecule has 0 aromatic heterocycles. The smallest absolute Gasteiger partial charge is 0.0248 e. The minimum Gasteiger partial charge on any atom is -0.326 e. The summed E-state index contributed by atoms with van der Waals surface area (Å²) in [5.41, 5.74) is 9.37. The Morgan fingerprint density at radius 1 is 0.960 bits per heavy atom. The van der Waals surface area contributed by atoms with E-state index in [-0.39, 0.29) is 0 Å². The average Bonchev–Trinajstić information content (AvgIpc) is 2.67. The number of nitrogens with two attached hydrogens (primary N) is 1. The first kappa shape index (κ1) is 17.7. The summed E-state index contributed by atoms with van der Waals surface area (Å²) in [6, 6.07) is 19.1. The maximum absolute atomic E-state index is 5.68. The van der Waals surface area contributed by atoms with Crippen LogP contribution in [0.25, 0.3) is 0 Å². The molecule has 2 heteroatoms. The van der Waals surface area contributed by atoms with Crippen LogP contribution in [0.5, 0.6) is 0 Å². The van der Waals surface area contributed by atoms with Crippen LogP contribution >= 0.6 is 0 Å². The second-order valence-corrected chi connectivity index (χ2v) is 6.93. The van der Waals surface area contributed by atoms with E-state index < -0.39 is 0 Å². The van der Waals surface area contributed by atoms with Gasteiger partial charge in [0.25, 0.3) is 0 Å². The third kappa shape index (κ3) is 5.74. The van der Waals surface area contributed by atoms with E-state index in [1.807, 2.05) is 12.1 Å². The molecule has 0 radical (unpaired) electrons. The predicted octanol–water partition coefficient (Wildman–Crippen LogP) is 3.84.